The Hall–Kier alpha value is -2.86. The van der Waals surface area contributed by atoms with Gasteiger partial charge in [-0.2, -0.15) is 0 Å². The van der Waals surface area contributed by atoms with Crippen molar-refractivity contribution < 1.29 is 9.59 Å². The lowest BCUT2D eigenvalue weighted by Crippen LogP contribution is -2.51. The lowest BCUT2D eigenvalue weighted by Gasteiger charge is -2.34. The third-order valence-corrected chi connectivity index (χ3v) is 5.19. The van der Waals surface area contributed by atoms with Gasteiger partial charge in [0.15, 0.2) is 0 Å². The van der Waals surface area contributed by atoms with Crippen LogP contribution in [-0.4, -0.2) is 49.9 Å². The Kier molecular flexibility index (Phi) is 5.99. The zero-order chi connectivity index (χ0) is 20.3. The molecule has 0 spiro atoms. The van der Waals surface area contributed by atoms with E-state index in [0.717, 1.165) is 23.5 Å². The van der Waals surface area contributed by atoms with Gasteiger partial charge in [0.1, 0.15) is 6.54 Å². The standard InChI is InChI=1S/C22H28N4O2/c1-5-25(14-17-10-12-18(13-11-17)24(3)4)16(2)22(28)26-15-21(27)23-19-8-6-7-9-20(19)26/h6-13,16H,5,14-15H2,1-4H3,(H,23,27)/t16-/m1/s1. The zero-order valence-corrected chi connectivity index (χ0v) is 17.0. The Morgan fingerprint density at radius 1 is 1.14 bits per heavy atom. The second-order valence-electron chi connectivity index (χ2n) is 7.29. The Balaban J connectivity index is 1.76. The van der Waals surface area contributed by atoms with Crippen LogP contribution >= 0.6 is 0 Å². The van der Waals surface area contributed by atoms with Gasteiger partial charge in [-0.25, -0.2) is 0 Å². The molecule has 1 aliphatic heterocycles. The number of carbonyl (C=O) groups is 2. The number of hydrogen-bond donors (Lipinski definition) is 1. The average molecular weight is 380 g/mol. The summed E-state index contributed by atoms with van der Waals surface area (Å²) < 4.78 is 0. The number of para-hydroxylation sites is 2. The van der Waals surface area contributed by atoms with Gasteiger partial charge in [0.05, 0.1) is 17.4 Å². The smallest absolute Gasteiger partial charge is 0.244 e. The summed E-state index contributed by atoms with van der Waals surface area (Å²) >= 11 is 0. The summed E-state index contributed by atoms with van der Waals surface area (Å²) in [6.07, 6.45) is 0. The first-order chi connectivity index (χ1) is 13.4. The largest absolute Gasteiger partial charge is 0.378 e. The van der Waals surface area contributed by atoms with Crippen molar-refractivity contribution in [3.05, 3.63) is 54.1 Å². The predicted molar refractivity (Wildman–Crippen MR) is 114 cm³/mol. The topological polar surface area (TPSA) is 55.9 Å². The second-order valence-corrected chi connectivity index (χ2v) is 7.29. The van der Waals surface area contributed by atoms with E-state index >= 15 is 0 Å². The molecule has 6 heteroatoms. The molecule has 0 saturated heterocycles. The Morgan fingerprint density at radius 2 is 1.82 bits per heavy atom. The van der Waals surface area contributed by atoms with Crippen LogP contribution in [0.3, 0.4) is 0 Å². The molecule has 0 unspecified atom stereocenters. The van der Waals surface area contributed by atoms with Crippen molar-refractivity contribution in [1.29, 1.82) is 0 Å². The summed E-state index contributed by atoms with van der Waals surface area (Å²) in [4.78, 5) is 31.1. The highest BCUT2D eigenvalue weighted by molar-refractivity contribution is 6.11. The van der Waals surface area contributed by atoms with Gasteiger partial charge >= 0.3 is 0 Å². The summed E-state index contributed by atoms with van der Waals surface area (Å²) in [7, 11) is 4.03. The van der Waals surface area contributed by atoms with E-state index in [-0.39, 0.29) is 24.4 Å². The lowest BCUT2D eigenvalue weighted by atomic mass is 10.1. The van der Waals surface area contributed by atoms with Crippen LogP contribution < -0.4 is 15.1 Å². The third kappa shape index (κ3) is 4.17. The number of rotatable bonds is 6. The molecule has 0 aromatic heterocycles. The number of nitrogens with zero attached hydrogens (tertiary/aromatic N) is 3. The molecule has 0 bridgehead atoms. The molecule has 0 saturated carbocycles. The monoisotopic (exact) mass is 380 g/mol. The van der Waals surface area contributed by atoms with Gasteiger partial charge in [-0.05, 0) is 43.3 Å². The van der Waals surface area contributed by atoms with Gasteiger partial charge < -0.3 is 10.2 Å². The SMILES string of the molecule is CCN(Cc1ccc(N(C)C)cc1)[C@H](C)C(=O)N1CC(=O)Nc2ccccc21. The first-order valence-electron chi connectivity index (χ1n) is 9.61. The number of hydrogen-bond acceptors (Lipinski definition) is 4. The fraction of sp³-hybridized carbons (Fsp3) is 0.364. The molecule has 148 valence electrons. The minimum absolute atomic E-state index is 0.0509. The zero-order valence-electron chi connectivity index (χ0n) is 17.0. The summed E-state index contributed by atoms with van der Waals surface area (Å²) in [6, 6.07) is 15.4. The molecule has 1 N–H and O–H groups in total. The van der Waals surface area contributed by atoms with Crippen molar-refractivity contribution in [1.82, 2.24) is 4.90 Å². The first-order valence-corrected chi connectivity index (χ1v) is 9.61. The minimum Gasteiger partial charge on any atom is -0.378 e. The molecule has 3 rings (SSSR count). The van der Waals surface area contributed by atoms with Crippen LogP contribution in [0.15, 0.2) is 48.5 Å². The fourth-order valence-corrected chi connectivity index (χ4v) is 3.47. The highest BCUT2D eigenvalue weighted by Crippen LogP contribution is 2.30. The van der Waals surface area contributed by atoms with E-state index in [0.29, 0.717) is 12.2 Å². The summed E-state index contributed by atoms with van der Waals surface area (Å²) in [6.45, 7) is 5.43. The minimum atomic E-state index is -0.336. The molecule has 0 fully saturated rings. The fourth-order valence-electron chi connectivity index (χ4n) is 3.47. The Morgan fingerprint density at radius 3 is 2.46 bits per heavy atom. The van der Waals surface area contributed by atoms with Crippen molar-refractivity contribution >= 4 is 28.9 Å². The molecule has 6 nitrogen and oxygen atoms in total. The second kappa shape index (κ2) is 8.44. The number of benzene rings is 2. The molecule has 1 atom stereocenters. The van der Waals surface area contributed by atoms with Gasteiger partial charge in [0.25, 0.3) is 0 Å². The number of fused-ring (bicyclic) bond motifs is 1. The van der Waals surface area contributed by atoms with Gasteiger partial charge in [-0.15, -0.1) is 0 Å². The Bertz CT molecular complexity index is 848. The van der Waals surface area contributed by atoms with Crippen LogP contribution in [0.5, 0.6) is 0 Å². The average Bonchev–Trinajstić information content (AvgIpc) is 2.70. The molecular weight excluding hydrogens is 352 g/mol. The van der Waals surface area contributed by atoms with E-state index in [9.17, 15) is 9.59 Å². The summed E-state index contributed by atoms with van der Waals surface area (Å²) in [5.41, 5.74) is 3.74. The van der Waals surface area contributed by atoms with Crippen LogP contribution in [0.4, 0.5) is 17.1 Å². The summed E-state index contributed by atoms with van der Waals surface area (Å²) in [5.74, 6) is -0.226. The molecule has 2 aromatic rings. The highest BCUT2D eigenvalue weighted by atomic mass is 16.2. The van der Waals surface area contributed by atoms with Gasteiger partial charge in [0.2, 0.25) is 11.8 Å². The lowest BCUT2D eigenvalue weighted by molar-refractivity contribution is -0.125. The summed E-state index contributed by atoms with van der Waals surface area (Å²) in [5, 5.41) is 2.83. The predicted octanol–water partition coefficient (Wildman–Crippen LogP) is 2.95. The van der Waals surface area contributed by atoms with E-state index in [4.69, 9.17) is 0 Å². The van der Waals surface area contributed by atoms with E-state index in [1.165, 1.54) is 0 Å². The number of carbonyl (C=O) groups excluding carboxylic acids is 2. The van der Waals surface area contributed by atoms with Crippen molar-refractivity contribution in [3.8, 4) is 0 Å². The van der Waals surface area contributed by atoms with Gasteiger partial charge in [-0.3, -0.25) is 19.4 Å². The molecule has 0 radical (unpaired) electrons. The van der Waals surface area contributed by atoms with E-state index < -0.39 is 0 Å². The molecule has 1 heterocycles. The van der Waals surface area contributed by atoms with Crippen molar-refractivity contribution in [3.63, 3.8) is 0 Å². The van der Waals surface area contributed by atoms with Crippen LogP contribution in [0, 0.1) is 0 Å². The van der Waals surface area contributed by atoms with Gasteiger partial charge in [0, 0.05) is 26.3 Å². The molecular formula is C22H28N4O2. The van der Waals surface area contributed by atoms with Crippen molar-refractivity contribution in [2.75, 3.05) is 42.3 Å². The molecule has 0 aliphatic carbocycles. The van der Waals surface area contributed by atoms with E-state index in [2.05, 4.69) is 46.3 Å². The normalized spacial score (nSPS) is 14.5. The van der Waals surface area contributed by atoms with Crippen LogP contribution in [0.2, 0.25) is 0 Å². The quantitative estimate of drug-likeness (QED) is 0.837. The van der Waals surface area contributed by atoms with Crippen LogP contribution in [0.25, 0.3) is 0 Å². The number of amides is 2. The van der Waals surface area contributed by atoms with E-state index in [1.807, 2.05) is 45.3 Å². The maximum absolute atomic E-state index is 13.2. The number of anilines is 3. The van der Waals surface area contributed by atoms with Gasteiger partial charge in [-0.1, -0.05) is 31.2 Å². The van der Waals surface area contributed by atoms with Crippen molar-refractivity contribution in [2.45, 2.75) is 26.4 Å². The molecule has 2 aromatic carbocycles. The maximum atomic E-state index is 13.2. The highest BCUT2D eigenvalue weighted by Gasteiger charge is 2.31. The van der Waals surface area contributed by atoms with Crippen LogP contribution in [-0.2, 0) is 16.1 Å². The first kappa shape index (κ1) is 19.9. The molecule has 2 amide bonds. The molecule has 1 aliphatic rings. The Labute approximate surface area is 166 Å². The molecule has 28 heavy (non-hydrogen) atoms. The van der Waals surface area contributed by atoms with Crippen molar-refractivity contribution in [2.24, 2.45) is 0 Å². The van der Waals surface area contributed by atoms with E-state index in [1.54, 1.807) is 4.90 Å². The third-order valence-electron chi connectivity index (χ3n) is 5.19. The maximum Gasteiger partial charge on any atom is 0.244 e. The number of nitrogens with one attached hydrogen (secondary N) is 1. The van der Waals surface area contributed by atoms with Crippen LogP contribution in [0.1, 0.15) is 19.4 Å². The number of likely N-dealkylation sites (N-methyl/N-ethyl adjacent to an activating group) is 1.